The van der Waals surface area contributed by atoms with Crippen LogP contribution in [0.25, 0.3) is 11.5 Å². The minimum Gasteiger partial charge on any atom is -0.392 e. The van der Waals surface area contributed by atoms with Crippen LogP contribution in [0, 0.1) is 0 Å². The molecule has 0 aromatic carbocycles. The molecular weight excluding hydrogens is 298 g/mol. The van der Waals surface area contributed by atoms with E-state index >= 15 is 0 Å². The molecule has 9 heteroatoms. The highest BCUT2D eigenvalue weighted by molar-refractivity contribution is 5.45. The van der Waals surface area contributed by atoms with Crippen LogP contribution in [0.5, 0.6) is 0 Å². The molecule has 1 aliphatic rings. The van der Waals surface area contributed by atoms with E-state index in [2.05, 4.69) is 35.0 Å². The van der Waals surface area contributed by atoms with Crippen molar-refractivity contribution >= 4 is 0 Å². The Labute approximate surface area is 131 Å². The topological polar surface area (TPSA) is 117 Å². The molecule has 2 unspecified atom stereocenters. The maximum absolute atomic E-state index is 10.00. The summed E-state index contributed by atoms with van der Waals surface area (Å²) in [6, 6.07) is -0.145. The molecule has 4 rings (SSSR count). The number of hydrogen-bond donors (Lipinski definition) is 2. The molecule has 0 spiro atoms. The first-order valence-corrected chi connectivity index (χ1v) is 7.30. The standard InChI is InChI=1S/C14H15N7O2/c22-9-5-11(21(7-9)8-12-17-3-4-18-12)14-19-13(20-23-14)10-6-15-1-2-16-10/h1-4,6,9,11,22H,5,7-8H2,(H,17,18). The zero-order valence-electron chi connectivity index (χ0n) is 12.2. The molecule has 1 fully saturated rings. The van der Waals surface area contributed by atoms with E-state index in [4.69, 9.17) is 4.52 Å². The molecule has 23 heavy (non-hydrogen) atoms. The summed E-state index contributed by atoms with van der Waals surface area (Å²) in [4.78, 5) is 21.9. The van der Waals surface area contributed by atoms with Gasteiger partial charge in [-0.3, -0.25) is 9.88 Å². The number of rotatable bonds is 4. The summed E-state index contributed by atoms with van der Waals surface area (Å²) >= 11 is 0. The average Bonchev–Trinajstić information content (AvgIpc) is 3.30. The van der Waals surface area contributed by atoms with Gasteiger partial charge in [0.15, 0.2) is 0 Å². The number of nitrogens with zero attached hydrogens (tertiary/aromatic N) is 6. The highest BCUT2D eigenvalue weighted by atomic mass is 16.5. The van der Waals surface area contributed by atoms with E-state index < -0.39 is 6.10 Å². The van der Waals surface area contributed by atoms with Crippen LogP contribution in [-0.4, -0.2) is 52.7 Å². The molecule has 0 radical (unpaired) electrons. The van der Waals surface area contributed by atoms with Gasteiger partial charge < -0.3 is 14.6 Å². The van der Waals surface area contributed by atoms with Gasteiger partial charge in [0.25, 0.3) is 0 Å². The van der Waals surface area contributed by atoms with E-state index in [-0.39, 0.29) is 6.04 Å². The van der Waals surface area contributed by atoms with Crippen LogP contribution in [0.1, 0.15) is 24.2 Å². The number of nitrogens with one attached hydrogen (secondary N) is 1. The molecule has 0 aliphatic carbocycles. The Morgan fingerprint density at radius 2 is 2.26 bits per heavy atom. The van der Waals surface area contributed by atoms with Crippen LogP contribution in [0.2, 0.25) is 0 Å². The predicted octanol–water partition coefficient (Wildman–Crippen LogP) is 0.558. The van der Waals surface area contributed by atoms with Gasteiger partial charge in [-0.25, -0.2) is 9.97 Å². The Kier molecular flexibility index (Phi) is 3.56. The van der Waals surface area contributed by atoms with Gasteiger partial charge in [-0.1, -0.05) is 5.16 Å². The lowest BCUT2D eigenvalue weighted by molar-refractivity contribution is 0.167. The fraction of sp³-hybridized carbons (Fsp3) is 0.357. The fourth-order valence-electron chi connectivity index (χ4n) is 2.78. The van der Waals surface area contributed by atoms with Gasteiger partial charge in [0, 0.05) is 31.3 Å². The third-order valence-corrected chi connectivity index (χ3v) is 3.81. The van der Waals surface area contributed by atoms with Gasteiger partial charge in [-0.15, -0.1) is 0 Å². The van der Waals surface area contributed by atoms with Gasteiger partial charge >= 0.3 is 0 Å². The molecule has 2 atom stereocenters. The van der Waals surface area contributed by atoms with E-state index in [0.717, 1.165) is 5.82 Å². The van der Waals surface area contributed by atoms with Crippen LogP contribution in [0.4, 0.5) is 0 Å². The van der Waals surface area contributed by atoms with Gasteiger partial charge in [0.05, 0.1) is 24.9 Å². The molecular formula is C14H15N7O2. The van der Waals surface area contributed by atoms with Gasteiger partial charge in [0.1, 0.15) is 11.5 Å². The number of likely N-dealkylation sites (tertiary alicyclic amines) is 1. The van der Waals surface area contributed by atoms with Crippen molar-refractivity contribution in [3.8, 4) is 11.5 Å². The largest absolute Gasteiger partial charge is 0.392 e. The number of hydrogen-bond acceptors (Lipinski definition) is 8. The first kappa shape index (κ1) is 14.0. The van der Waals surface area contributed by atoms with Crippen LogP contribution < -0.4 is 0 Å². The Balaban J connectivity index is 1.57. The maximum Gasteiger partial charge on any atom is 0.244 e. The second-order valence-electron chi connectivity index (χ2n) is 5.42. The van der Waals surface area contributed by atoms with Crippen molar-refractivity contribution in [2.45, 2.75) is 25.1 Å². The first-order valence-electron chi connectivity index (χ1n) is 7.30. The SMILES string of the molecule is OC1CC(c2nc(-c3cnccn3)no2)N(Cc2ncc[nH]2)C1. The predicted molar refractivity (Wildman–Crippen MR) is 77.7 cm³/mol. The van der Waals surface area contributed by atoms with Gasteiger partial charge in [-0.05, 0) is 6.42 Å². The minimum absolute atomic E-state index is 0.145. The lowest BCUT2D eigenvalue weighted by atomic mass is 10.2. The lowest BCUT2D eigenvalue weighted by Gasteiger charge is -2.19. The molecule has 0 amide bonds. The summed E-state index contributed by atoms with van der Waals surface area (Å²) in [6.45, 7) is 1.12. The Bertz CT molecular complexity index is 759. The zero-order chi connectivity index (χ0) is 15.6. The van der Waals surface area contributed by atoms with Crippen molar-refractivity contribution < 1.29 is 9.63 Å². The number of β-amino-alcohol motifs (C(OH)–C–C–N with tert-alkyl or cyclic N) is 1. The van der Waals surface area contributed by atoms with E-state index in [0.29, 0.717) is 36.9 Å². The zero-order valence-corrected chi connectivity index (χ0v) is 12.2. The van der Waals surface area contributed by atoms with Gasteiger partial charge in [0.2, 0.25) is 11.7 Å². The molecule has 118 valence electrons. The highest BCUT2D eigenvalue weighted by Crippen LogP contribution is 2.32. The van der Waals surface area contributed by atoms with Gasteiger partial charge in [-0.2, -0.15) is 4.98 Å². The molecule has 0 bridgehead atoms. The number of imidazole rings is 1. The molecule has 3 aromatic rings. The lowest BCUT2D eigenvalue weighted by Crippen LogP contribution is -2.25. The summed E-state index contributed by atoms with van der Waals surface area (Å²) in [5.74, 6) is 1.69. The van der Waals surface area contributed by atoms with Crippen LogP contribution >= 0.6 is 0 Å². The summed E-state index contributed by atoms with van der Waals surface area (Å²) in [5, 5.41) is 14.0. The quantitative estimate of drug-likeness (QED) is 0.717. The van der Waals surface area contributed by atoms with Crippen LogP contribution in [0.3, 0.4) is 0 Å². The normalized spacial score (nSPS) is 21.8. The summed E-state index contributed by atoms with van der Waals surface area (Å²) < 4.78 is 5.39. The molecule has 1 saturated heterocycles. The Hall–Kier alpha value is -2.65. The monoisotopic (exact) mass is 313 g/mol. The number of H-pyrrole nitrogens is 1. The molecule has 3 aromatic heterocycles. The second kappa shape index (κ2) is 5.86. The fourth-order valence-corrected chi connectivity index (χ4v) is 2.78. The van der Waals surface area contributed by atoms with Crippen molar-refractivity contribution in [1.82, 2.24) is 35.0 Å². The van der Waals surface area contributed by atoms with Crippen molar-refractivity contribution in [2.24, 2.45) is 0 Å². The minimum atomic E-state index is -0.429. The van der Waals surface area contributed by atoms with Crippen molar-refractivity contribution in [1.29, 1.82) is 0 Å². The smallest absolute Gasteiger partial charge is 0.244 e. The molecule has 4 heterocycles. The maximum atomic E-state index is 10.00. The summed E-state index contributed by atoms with van der Waals surface area (Å²) in [6.07, 6.45) is 8.34. The Morgan fingerprint density at radius 1 is 1.30 bits per heavy atom. The van der Waals surface area contributed by atoms with E-state index in [9.17, 15) is 5.11 Å². The summed E-state index contributed by atoms with van der Waals surface area (Å²) in [5.41, 5.74) is 0.554. The van der Waals surface area contributed by atoms with Crippen molar-refractivity contribution in [3.05, 3.63) is 42.7 Å². The summed E-state index contributed by atoms with van der Waals surface area (Å²) in [7, 11) is 0. The third-order valence-electron chi connectivity index (χ3n) is 3.81. The molecule has 1 aliphatic heterocycles. The van der Waals surface area contributed by atoms with E-state index in [1.807, 2.05) is 0 Å². The van der Waals surface area contributed by atoms with Crippen molar-refractivity contribution in [3.63, 3.8) is 0 Å². The van der Waals surface area contributed by atoms with Crippen LogP contribution in [-0.2, 0) is 6.54 Å². The number of aliphatic hydroxyl groups excluding tert-OH is 1. The first-order chi connectivity index (χ1) is 11.3. The highest BCUT2D eigenvalue weighted by Gasteiger charge is 2.36. The molecule has 0 saturated carbocycles. The molecule has 9 nitrogen and oxygen atoms in total. The second-order valence-corrected chi connectivity index (χ2v) is 5.42. The number of aliphatic hydroxyl groups is 1. The average molecular weight is 313 g/mol. The van der Waals surface area contributed by atoms with E-state index in [1.54, 1.807) is 31.0 Å². The Morgan fingerprint density at radius 3 is 3.04 bits per heavy atom. The number of aromatic amines is 1. The van der Waals surface area contributed by atoms with Crippen LogP contribution in [0.15, 0.2) is 35.5 Å². The van der Waals surface area contributed by atoms with E-state index in [1.165, 1.54) is 0 Å². The van der Waals surface area contributed by atoms with Crippen molar-refractivity contribution in [2.75, 3.05) is 6.54 Å². The number of aromatic nitrogens is 6. The molecule has 2 N–H and O–H groups in total. The third kappa shape index (κ3) is 2.83.